The number of nitrogens with one attached hydrogen (secondary N) is 1. The van der Waals surface area contributed by atoms with Gasteiger partial charge in [-0.2, -0.15) is 5.10 Å². The lowest BCUT2D eigenvalue weighted by Crippen LogP contribution is -2.14. The first-order valence-electron chi connectivity index (χ1n) is 6.17. The smallest absolute Gasteiger partial charge is 0.279 e. The first-order valence-corrected chi connectivity index (χ1v) is 7.65. The van der Waals surface area contributed by atoms with Crippen molar-refractivity contribution in [1.82, 2.24) is 9.61 Å². The number of rotatable bonds is 4. The zero-order valence-corrected chi connectivity index (χ0v) is 11.9. The van der Waals surface area contributed by atoms with Crippen LogP contribution in [0.2, 0.25) is 0 Å². The van der Waals surface area contributed by atoms with E-state index in [1.54, 1.807) is 29.0 Å². The highest BCUT2D eigenvalue weighted by atomic mass is 32.2. The molecule has 8 nitrogen and oxygen atoms in total. The van der Waals surface area contributed by atoms with Crippen molar-refractivity contribution >= 4 is 26.9 Å². The number of sulfonamides is 1. The van der Waals surface area contributed by atoms with E-state index in [0.29, 0.717) is 11.2 Å². The van der Waals surface area contributed by atoms with Crippen LogP contribution in [0.1, 0.15) is 0 Å². The van der Waals surface area contributed by atoms with Crippen LogP contribution in [0.15, 0.2) is 59.8 Å². The van der Waals surface area contributed by atoms with Gasteiger partial charge in [0.25, 0.3) is 15.7 Å². The molecule has 0 aliphatic rings. The molecular weight excluding hydrogens is 308 g/mol. The van der Waals surface area contributed by atoms with Crippen molar-refractivity contribution in [3.8, 4) is 0 Å². The molecule has 2 aromatic heterocycles. The lowest BCUT2D eigenvalue weighted by molar-refractivity contribution is -0.387. The Kier molecular flexibility index (Phi) is 3.26. The maximum atomic E-state index is 12.4. The van der Waals surface area contributed by atoms with E-state index >= 15 is 0 Å². The Morgan fingerprint density at radius 1 is 1.18 bits per heavy atom. The molecule has 0 spiro atoms. The van der Waals surface area contributed by atoms with Gasteiger partial charge in [-0.1, -0.05) is 12.1 Å². The summed E-state index contributed by atoms with van der Waals surface area (Å²) in [7, 11) is -4.06. The van der Waals surface area contributed by atoms with Gasteiger partial charge in [-0.25, -0.2) is 12.9 Å². The highest BCUT2D eigenvalue weighted by molar-refractivity contribution is 7.92. The zero-order chi connectivity index (χ0) is 15.7. The standard InChI is InChI=1S/C13H10N4O4S/c18-17(19)12-3-1-2-4-13(12)22(20,21)15-10-6-8-16-11(9-10)5-7-14-16/h1-9,15H. The van der Waals surface area contributed by atoms with Crippen molar-refractivity contribution in [3.63, 3.8) is 0 Å². The molecule has 1 aromatic carbocycles. The number of para-hydroxylation sites is 1. The van der Waals surface area contributed by atoms with Gasteiger partial charge in [0.15, 0.2) is 4.90 Å². The number of nitrogens with zero attached hydrogens (tertiary/aromatic N) is 3. The highest BCUT2D eigenvalue weighted by Gasteiger charge is 2.25. The first-order chi connectivity index (χ1) is 10.5. The molecule has 0 aliphatic heterocycles. The van der Waals surface area contributed by atoms with Crippen LogP contribution < -0.4 is 4.72 Å². The third-order valence-electron chi connectivity index (χ3n) is 3.00. The molecule has 112 valence electrons. The number of hydrogen-bond donors (Lipinski definition) is 1. The average Bonchev–Trinajstić information content (AvgIpc) is 2.94. The Labute approximate surface area is 125 Å². The number of nitro groups is 1. The first kappa shape index (κ1) is 14.0. The molecule has 9 heteroatoms. The van der Waals surface area contributed by atoms with Gasteiger partial charge < -0.3 is 0 Å². The van der Waals surface area contributed by atoms with Gasteiger partial charge in [0, 0.05) is 18.5 Å². The SMILES string of the molecule is O=[N+]([O-])c1ccccc1S(=O)(=O)Nc1ccn2nccc2c1. The van der Waals surface area contributed by atoms with Crippen LogP contribution in [0.4, 0.5) is 11.4 Å². The Balaban J connectivity index is 2.01. The molecule has 0 aliphatic carbocycles. The molecule has 0 atom stereocenters. The van der Waals surface area contributed by atoms with Gasteiger partial charge in [0.2, 0.25) is 0 Å². The van der Waals surface area contributed by atoms with E-state index in [1.165, 1.54) is 24.3 Å². The Morgan fingerprint density at radius 2 is 1.95 bits per heavy atom. The monoisotopic (exact) mass is 318 g/mol. The van der Waals surface area contributed by atoms with Crippen LogP contribution in [0.25, 0.3) is 5.52 Å². The zero-order valence-electron chi connectivity index (χ0n) is 11.1. The van der Waals surface area contributed by atoms with Gasteiger partial charge in [-0.05, 0) is 24.3 Å². The van der Waals surface area contributed by atoms with Crippen LogP contribution in [-0.2, 0) is 10.0 Å². The Morgan fingerprint density at radius 3 is 2.73 bits per heavy atom. The largest absolute Gasteiger partial charge is 0.289 e. The van der Waals surface area contributed by atoms with E-state index in [1.807, 2.05) is 0 Å². The van der Waals surface area contributed by atoms with E-state index < -0.39 is 20.6 Å². The van der Waals surface area contributed by atoms with Gasteiger partial charge in [-0.3, -0.25) is 14.8 Å². The fourth-order valence-electron chi connectivity index (χ4n) is 2.03. The van der Waals surface area contributed by atoms with E-state index in [-0.39, 0.29) is 4.90 Å². The lowest BCUT2D eigenvalue weighted by atomic mass is 10.3. The molecule has 0 unspecified atom stereocenters. The van der Waals surface area contributed by atoms with E-state index in [4.69, 9.17) is 0 Å². The molecule has 0 amide bonds. The molecule has 1 N–H and O–H groups in total. The summed E-state index contributed by atoms with van der Waals surface area (Å²) < 4.78 is 28.6. The molecule has 0 radical (unpaired) electrons. The van der Waals surface area contributed by atoms with Crippen molar-refractivity contribution in [3.05, 3.63) is 65.0 Å². The Hall–Kier alpha value is -2.94. The normalized spacial score (nSPS) is 11.5. The summed E-state index contributed by atoms with van der Waals surface area (Å²) in [4.78, 5) is 9.85. The predicted octanol–water partition coefficient (Wildman–Crippen LogP) is 2.04. The lowest BCUT2D eigenvalue weighted by Gasteiger charge is -2.08. The summed E-state index contributed by atoms with van der Waals surface area (Å²) in [5, 5.41) is 15.0. The minimum absolute atomic E-state index is 0.297. The number of aromatic nitrogens is 2. The van der Waals surface area contributed by atoms with Gasteiger partial charge >= 0.3 is 0 Å². The average molecular weight is 318 g/mol. The fourth-order valence-corrected chi connectivity index (χ4v) is 3.25. The Bertz CT molecular complexity index is 965. The highest BCUT2D eigenvalue weighted by Crippen LogP contribution is 2.25. The second-order valence-electron chi connectivity index (χ2n) is 4.45. The summed E-state index contributed by atoms with van der Waals surface area (Å²) in [5.74, 6) is 0. The topological polar surface area (TPSA) is 107 Å². The van der Waals surface area contributed by atoms with Crippen molar-refractivity contribution in [1.29, 1.82) is 0 Å². The summed E-state index contributed by atoms with van der Waals surface area (Å²) >= 11 is 0. The van der Waals surface area contributed by atoms with Gasteiger partial charge in [-0.15, -0.1) is 0 Å². The molecule has 0 saturated heterocycles. The molecule has 0 fully saturated rings. The quantitative estimate of drug-likeness (QED) is 0.585. The molecule has 3 rings (SSSR count). The van der Waals surface area contributed by atoms with Crippen LogP contribution in [0.5, 0.6) is 0 Å². The van der Waals surface area contributed by atoms with Crippen LogP contribution in [0.3, 0.4) is 0 Å². The van der Waals surface area contributed by atoms with Gasteiger partial charge in [0.05, 0.1) is 16.1 Å². The van der Waals surface area contributed by atoms with Crippen molar-refractivity contribution in [2.45, 2.75) is 4.90 Å². The van der Waals surface area contributed by atoms with Crippen molar-refractivity contribution < 1.29 is 13.3 Å². The summed E-state index contributed by atoms with van der Waals surface area (Å²) in [5.41, 5.74) is 0.523. The number of benzene rings is 1. The molecule has 0 bridgehead atoms. The van der Waals surface area contributed by atoms with Crippen LogP contribution in [-0.4, -0.2) is 23.0 Å². The molecule has 3 aromatic rings. The molecule has 2 heterocycles. The number of nitro benzene ring substituents is 1. The third-order valence-corrected chi connectivity index (χ3v) is 4.43. The molecule has 22 heavy (non-hydrogen) atoms. The maximum absolute atomic E-state index is 12.4. The van der Waals surface area contributed by atoms with Crippen LogP contribution in [0, 0.1) is 10.1 Å². The fraction of sp³-hybridized carbons (Fsp3) is 0. The number of pyridine rings is 1. The summed E-state index contributed by atoms with van der Waals surface area (Å²) in [6.07, 6.45) is 3.17. The number of fused-ring (bicyclic) bond motifs is 1. The van der Waals surface area contributed by atoms with E-state index in [9.17, 15) is 18.5 Å². The van der Waals surface area contributed by atoms with Crippen molar-refractivity contribution in [2.24, 2.45) is 0 Å². The minimum Gasteiger partial charge on any atom is -0.279 e. The third kappa shape index (κ3) is 2.49. The second-order valence-corrected chi connectivity index (χ2v) is 6.10. The number of anilines is 1. The van der Waals surface area contributed by atoms with E-state index in [0.717, 1.165) is 6.07 Å². The summed E-state index contributed by atoms with van der Waals surface area (Å²) in [6.45, 7) is 0. The molecular formula is C13H10N4O4S. The molecule has 0 saturated carbocycles. The van der Waals surface area contributed by atoms with E-state index in [2.05, 4.69) is 9.82 Å². The van der Waals surface area contributed by atoms with Crippen molar-refractivity contribution in [2.75, 3.05) is 4.72 Å². The minimum atomic E-state index is -4.06. The number of hydrogen-bond acceptors (Lipinski definition) is 5. The summed E-state index contributed by atoms with van der Waals surface area (Å²) in [6, 6.07) is 10.00. The van der Waals surface area contributed by atoms with Crippen LogP contribution >= 0.6 is 0 Å². The predicted molar refractivity (Wildman–Crippen MR) is 79.1 cm³/mol. The second kappa shape index (κ2) is 5.11. The van der Waals surface area contributed by atoms with Gasteiger partial charge in [0.1, 0.15) is 0 Å². The maximum Gasteiger partial charge on any atom is 0.289 e.